The van der Waals surface area contributed by atoms with Crippen molar-refractivity contribution in [2.75, 3.05) is 0 Å². The minimum Gasteiger partial charge on any atom is -0.414 e. The summed E-state index contributed by atoms with van der Waals surface area (Å²) in [5.74, 6) is 0. The van der Waals surface area contributed by atoms with Gasteiger partial charge in [-0.15, -0.1) is 0 Å². The van der Waals surface area contributed by atoms with Crippen molar-refractivity contribution in [1.29, 1.82) is 0 Å². The van der Waals surface area contributed by atoms with Gasteiger partial charge < -0.3 is 4.43 Å². The maximum absolute atomic E-state index is 6.36. The number of unbranched alkanes of at least 4 members (excludes halogenated alkanes) is 9. The molecule has 0 aliphatic heterocycles. The fourth-order valence-corrected chi connectivity index (χ4v) is 4.09. The van der Waals surface area contributed by atoms with Crippen LogP contribution < -0.4 is 0 Å². The average Bonchev–Trinajstić information content (AvgIpc) is 2.47. The summed E-state index contributed by atoms with van der Waals surface area (Å²) in [6.45, 7) is 11.6. The quantitative estimate of drug-likeness (QED) is 0.227. The Kier molecular flexibility index (Phi) is 13.9. The Morgan fingerprint density at radius 1 is 0.714 bits per heavy atom. The van der Waals surface area contributed by atoms with Gasteiger partial charge in [0.1, 0.15) is 0 Å². The molecule has 0 aliphatic rings. The fraction of sp³-hybridized carbons (Fsp3) is 1.00. The van der Waals surface area contributed by atoms with E-state index in [-0.39, 0.29) is 0 Å². The monoisotopic (exact) mass is 314 g/mol. The zero-order valence-electron chi connectivity index (χ0n) is 15.7. The van der Waals surface area contributed by atoms with Crippen LogP contribution in [0.1, 0.15) is 97.8 Å². The van der Waals surface area contributed by atoms with Crippen molar-refractivity contribution >= 4 is 8.32 Å². The van der Waals surface area contributed by atoms with Crippen LogP contribution in [0.5, 0.6) is 0 Å². The lowest BCUT2D eigenvalue weighted by Gasteiger charge is -2.28. The lowest BCUT2D eigenvalue weighted by molar-refractivity contribution is 0.173. The van der Waals surface area contributed by atoms with Crippen LogP contribution in [0.4, 0.5) is 0 Å². The molecule has 0 radical (unpaired) electrons. The van der Waals surface area contributed by atoms with Crippen molar-refractivity contribution in [3.05, 3.63) is 0 Å². The van der Waals surface area contributed by atoms with E-state index in [1.54, 1.807) is 0 Å². The molecule has 0 aromatic heterocycles. The van der Waals surface area contributed by atoms with Crippen LogP contribution >= 0.6 is 0 Å². The molecular formula is C19H42OSi. The standard InChI is InChI=1S/C19H42OSi/c1-6-9-10-11-12-13-14-15-16-17-18-19(7-2)20-21(4,5)8-3/h19H,6-18H2,1-5H3. The molecule has 1 atom stereocenters. The topological polar surface area (TPSA) is 9.23 Å². The van der Waals surface area contributed by atoms with E-state index in [1.165, 1.54) is 83.1 Å². The second-order valence-corrected chi connectivity index (χ2v) is 11.7. The van der Waals surface area contributed by atoms with Crippen LogP contribution in [-0.2, 0) is 4.43 Å². The van der Waals surface area contributed by atoms with E-state index >= 15 is 0 Å². The molecule has 0 saturated carbocycles. The molecule has 128 valence electrons. The summed E-state index contributed by atoms with van der Waals surface area (Å²) in [6.07, 6.45) is 17.2. The number of rotatable bonds is 15. The van der Waals surface area contributed by atoms with Gasteiger partial charge in [-0.05, 0) is 32.0 Å². The van der Waals surface area contributed by atoms with Crippen LogP contribution in [0.25, 0.3) is 0 Å². The maximum atomic E-state index is 6.36. The molecule has 2 heteroatoms. The van der Waals surface area contributed by atoms with Crippen molar-refractivity contribution in [1.82, 2.24) is 0 Å². The molecule has 0 aromatic rings. The molecule has 0 aliphatic carbocycles. The average molecular weight is 315 g/mol. The van der Waals surface area contributed by atoms with Gasteiger partial charge in [0.2, 0.25) is 0 Å². The van der Waals surface area contributed by atoms with Crippen molar-refractivity contribution in [3.8, 4) is 0 Å². The first-order valence-electron chi connectivity index (χ1n) is 9.73. The van der Waals surface area contributed by atoms with Gasteiger partial charge in [-0.3, -0.25) is 0 Å². The molecule has 0 aromatic carbocycles. The highest BCUT2D eigenvalue weighted by molar-refractivity contribution is 6.71. The zero-order chi connectivity index (χ0) is 16.0. The molecular weight excluding hydrogens is 272 g/mol. The predicted molar refractivity (Wildman–Crippen MR) is 99.6 cm³/mol. The highest BCUT2D eigenvalue weighted by Gasteiger charge is 2.23. The van der Waals surface area contributed by atoms with E-state index < -0.39 is 8.32 Å². The Labute approximate surface area is 136 Å². The normalized spacial score (nSPS) is 13.6. The fourth-order valence-electron chi connectivity index (χ4n) is 2.74. The summed E-state index contributed by atoms with van der Waals surface area (Å²) in [5.41, 5.74) is 0. The second kappa shape index (κ2) is 13.8. The van der Waals surface area contributed by atoms with E-state index in [2.05, 4.69) is 33.9 Å². The van der Waals surface area contributed by atoms with Crippen LogP contribution in [0.3, 0.4) is 0 Å². The number of hydrogen-bond acceptors (Lipinski definition) is 1. The summed E-state index contributed by atoms with van der Waals surface area (Å²) in [6, 6.07) is 1.24. The van der Waals surface area contributed by atoms with E-state index in [4.69, 9.17) is 4.43 Å². The van der Waals surface area contributed by atoms with Gasteiger partial charge in [0.15, 0.2) is 8.32 Å². The molecule has 0 N–H and O–H groups in total. The Morgan fingerprint density at radius 2 is 1.19 bits per heavy atom. The van der Waals surface area contributed by atoms with Crippen molar-refractivity contribution in [2.24, 2.45) is 0 Å². The molecule has 1 unspecified atom stereocenters. The lowest BCUT2D eigenvalue weighted by atomic mass is 10.0. The Hall–Kier alpha value is 0.177. The third-order valence-electron chi connectivity index (χ3n) is 4.67. The van der Waals surface area contributed by atoms with E-state index in [0.29, 0.717) is 6.10 Å². The predicted octanol–water partition coefficient (Wildman–Crippen LogP) is 7.32. The van der Waals surface area contributed by atoms with Gasteiger partial charge in [0, 0.05) is 6.10 Å². The van der Waals surface area contributed by atoms with Gasteiger partial charge in [0.05, 0.1) is 0 Å². The van der Waals surface area contributed by atoms with E-state index in [9.17, 15) is 0 Å². The molecule has 0 spiro atoms. The van der Waals surface area contributed by atoms with Crippen molar-refractivity contribution in [2.45, 2.75) is 123 Å². The molecule has 0 fully saturated rings. The minimum atomic E-state index is -1.36. The minimum absolute atomic E-state index is 0.528. The Bertz CT molecular complexity index is 216. The Morgan fingerprint density at radius 3 is 1.62 bits per heavy atom. The molecule has 21 heavy (non-hydrogen) atoms. The van der Waals surface area contributed by atoms with Gasteiger partial charge in [-0.1, -0.05) is 85.0 Å². The summed E-state index contributed by atoms with van der Waals surface area (Å²) in [4.78, 5) is 0. The smallest absolute Gasteiger partial charge is 0.186 e. The lowest BCUT2D eigenvalue weighted by Crippen LogP contribution is -2.34. The van der Waals surface area contributed by atoms with Crippen LogP contribution in [0, 0.1) is 0 Å². The van der Waals surface area contributed by atoms with E-state index in [1.807, 2.05) is 0 Å². The zero-order valence-corrected chi connectivity index (χ0v) is 16.7. The van der Waals surface area contributed by atoms with Crippen LogP contribution in [0.2, 0.25) is 19.1 Å². The SMILES string of the molecule is CCCCCCCCCCCCC(CC)O[Si](C)(C)CC. The highest BCUT2D eigenvalue weighted by atomic mass is 28.4. The van der Waals surface area contributed by atoms with Gasteiger partial charge in [-0.2, -0.15) is 0 Å². The first-order valence-corrected chi connectivity index (χ1v) is 12.8. The van der Waals surface area contributed by atoms with Crippen LogP contribution in [0.15, 0.2) is 0 Å². The molecule has 0 heterocycles. The van der Waals surface area contributed by atoms with Crippen LogP contribution in [-0.4, -0.2) is 14.4 Å². The maximum Gasteiger partial charge on any atom is 0.186 e. The molecule has 0 amide bonds. The summed E-state index contributed by atoms with van der Waals surface area (Å²) < 4.78 is 6.36. The summed E-state index contributed by atoms with van der Waals surface area (Å²) in [7, 11) is -1.36. The molecule has 0 rings (SSSR count). The highest BCUT2D eigenvalue weighted by Crippen LogP contribution is 2.19. The third kappa shape index (κ3) is 13.6. The molecule has 0 bridgehead atoms. The van der Waals surface area contributed by atoms with E-state index in [0.717, 1.165) is 0 Å². The van der Waals surface area contributed by atoms with Gasteiger partial charge in [-0.25, -0.2) is 0 Å². The molecule has 1 nitrogen and oxygen atoms in total. The number of hydrogen-bond donors (Lipinski definition) is 0. The van der Waals surface area contributed by atoms with Crippen molar-refractivity contribution < 1.29 is 4.43 Å². The third-order valence-corrected chi connectivity index (χ3v) is 7.35. The van der Waals surface area contributed by atoms with Gasteiger partial charge >= 0.3 is 0 Å². The first kappa shape index (κ1) is 21.2. The second-order valence-electron chi connectivity index (χ2n) is 7.23. The molecule has 0 saturated heterocycles. The summed E-state index contributed by atoms with van der Waals surface area (Å²) in [5, 5.41) is 0. The first-order chi connectivity index (χ1) is 10.1. The largest absolute Gasteiger partial charge is 0.414 e. The summed E-state index contributed by atoms with van der Waals surface area (Å²) >= 11 is 0. The van der Waals surface area contributed by atoms with Gasteiger partial charge in [0.25, 0.3) is 0 Å². The van der Waals surface area contributed by atoms with Crippen molar-refractivity contribution in [3.63, 3.8) is 0 Å². The Balaban J connectivity index is 3.43.